The van der Waals surface area contributed by atoms with E-state index in [2.05, 4.69) is 10.6 Å². The molecule has 0 atom stereocenters. The van der Waals surface area contributed by atoms with Gasteiger partial charge in [0.25, 0.3) is 0 Å². The average molecular weight is 300 g/mol. The van der Waals surface area contributed by atoms with Crippen LogP contribution in [0.2, 0.25) is 5.02 Å². The lowest BCUT2D eigenvalue weighted by molar-refractivity contribution is 0.0697. The summed E-state index contributed by atoms with van der Waals surface area (Å²) in [4.78, 5) is 24.3. The largest absolute Gasteiger partial charge is 0.478 e. The van der Waals surface area contributed by atoms with Crippen molar-refractivity contribution in [2.75, 3.05) is 32.5 Å². The summed E-state index contributed by atoms with van der Waals surface area (Å²) < 4.78 is 0. The number of carboxylic acid groups (broad SMARTS) is 1. The van der Waals surface area contributed by atoms with Gasteiger partial charge in [0.1, 0.15) is 0 Å². The summed E-state index contributed by atoms with van der Waals surface area (Å²) in [6.07, 6.45) is 0.830. The van der Waals surface area contributed by atoms with Crippen molar-refractivity contribution >= 4 is 29.3 Å². The van der Waals surface area contributed by atoms with E-state index in [1.807, 2.05) is 7.05 Å². The minimum Gasteiger partial charge on any atom is -0.478 e. The quantitative estimate of drug-likeness (QED) is 0.703. The predicted octanol–water partition coefficient (Wildman–Crippen LogP) is 2.11. The lowest BCUT2D eigenvalue weighted by Crippen LogP contribution is -2.33. The van der Waals surface area contributed by atoms with Gasteiger partial charge < -0.3 is 20.6 Å². The molecule has 20 heavy (non-hydrogen) atoms. The van der Waals surface area contributed by atoms with Gasteiger partial charge in [-0.1, -0.05) is 11.6 Å². The molecule has 1 aromatic carbocycles. The second-order valence-corrected chi connectivity index (χ2v) is 4.78. The van der Waals surface area contributed by atoms with E-state index in [-0.39, 0.29) is 16.6 Å². The number of anilines is 1. The summed E-state index contributed by atoms with van der Waals surface area (Å²) in [6.45, 7) is 1.41. The highest BCUT2D eigenvalue weighted by Gasteiger charge is 2.11. The monoisotopic (exact) mass is 299 g/mol. The van der Waals surface area contributed by atoms with Crippen LogP contribution in [0.3, 0.4) is 0 Å². The molecular weight excluding hydrogens is 282 g/mol. The highest BCUT2D eigenvalue weighted by molar-refractivity contribution is 6.31. The zero-order chi connectivity index (χ0) is 15.1. The van der Waals surface area contributed by atoms with Crippen molar-refractivity contribution in [1.82, 2.24) is 10.2 Å². The summed E-state index contributed by atoms with van der Waals surface area (Å²) in [5, 5.41) is 14.8. The van der Waals surface area contributed by atoms with E-state index in [1.54, 1.807) is 7.05 Å². The van der Waals surface area contributed by atoms with Crippen LogP contribution in [-0.2, 0) is 0 Å². The number of aromatic carboxylic acids is 1. The summed E-state index contributed by atoms with van der Waals surface area (Å²) >= 11 is 5.82. The Bertz CT molecular complexity index is 494. The number of urea groups is 1. The molecule has 0 unspecified atom stereocenters. The average Bonchev–Trinajstić information content (AvgIpc) is 2.38. The fourth-order valence-corrected chi connectivity index (χ4v) is 1.83. The second kappa shape index (κ2) is 7.72. The minimum atomic E-state index is -1.09. The third-order valence-electron chi connectivity index (χ3n) is 2.66. The van der Waals surface area contributed by atoms with Crippen molar-refractivity contribution in [2.45, 2.75) is 6.42 Å². The Labute approximate surface area is 122 Å². The molecule has 0 fully saturated rings. The Balaban J connectivity index is 2.67. The molecule has 0 heterocycles. The summed E-state index contributed by atoms with van der Waals surface area (Å²) in [5.74, 6) is -1.09. The van der Waals surface area contributed by atoms with Gasteiger partial charge in [-0.25, -0.2) is 9.59 Å². The van der Waals surface area contributed by atoms with Crippen LogP contribution in [0.25, 0.3) is 0 Å². The molecular formula is C13H18ClN3O3. The van der Waals surface area contributed by atoms with Crippen LogP contribution in [0.1, 0.15) is 16.8 Å². The van der Waals surface area contributed by atoms with E-state index in [1.165, 1.54) is 23.1 Å². The van der Waals surface area contributed by atoms with E-state index in [4.69, 9.17) is 16.7 Å². The van der Waals surface area contributed by atoms with Crippen LogP contribution >= 0.6 is 11.6 Å². The smallest absolute Gasteiger partial charge is 0.335 e. The van der Waals surface area contributed by atoms with E-state index in [0.717, 1.165) is 13.0 Å². The first kappa shape index (κ1) is 16.3. The van der Waals surface area contributed by atoms with Gasteiger partial charge in [-0.2, -0.15) is 0 Å². The molecule has 0 saturated heterocycles. The van der Waals surface area contributed by atoms with Crippen LogP contribution in [0.4, 0.5) is 10.5 Å². The third-order valence-corrected chi connectivity index (χ3v) is 2.88. The topological polar surface area (TPSA) is 81.7 Å². The van der Waals surface area contributed by atoms with Crippen LogP contribution in [0, 0.1) is 0 Å². The molecule has 0 aliphatic heterocycles. The zero-order valence-electron chi connectivity index (χ0n) is 11.4. The van der Waals surface area contributed by atoms with Crippen LogP contribution in [0.5, 0.6) is 0 Å². The highest BCUT2D eigenvalue weighted by Crippen LogP contribution is 2.19. The van der Waals surface area contributed by atoms with Gasteiger partial charge in [-0.15, -0.1) is 0 Å². The number of hydrogen-bond donors (Lipinski definition) is 3. The number of carbonyl (C=O) groups excluding carboxylic acids is 1. The van der Waals surface area contributed by atoms with Crippen molar-refractivity contribution in [3.8, 4) is 0 Å². The Morgan fingerprint density at radius 2 is 2.05 bits per heavy atom. The predicted molar refractivity (Wildman–Crippen MR) is 78.6 cm³/mol. The fraction of sp³-hybridized carbons (Fsp3) is 0.385. The number of rotatable bonds is 6. The molecule has 3 N–H and O–H groups in total. The molecule has 110 valence electrons. The van der Waals surface area contributed by atoms with Gasteiger partial charge >= 0.3 is 12.0 Å². The standard InChI is InChI=1S/C13H18ClN3O3/c1-15-4-3-5-17(2)13(20)16-11-7-9(12(18)19)6-10(14)8-11/h6-8,15H,3-5H2,1-2H3,(H,16,20)(H,18,19). The number of carbonyl (C=O) groups is 2. The normalized spacial score (nSPS) is 10.2. The molecule has 0 spiro atoms. The van der Waals surface area contributed by atoms with Gasteiger partial charge in [0, 0.05) is 24.3 Å². The van der Waals surface area contributed by atoms with E-state index in [0.29, 0.717) is 12.2 Å². The number of hydrogen-bond acceptors (Lipinski definition) is 3. The molecule has 6 nitrogen and oxygen atoms in total. The zero-order valence-corrected chi connectivity index (χ0v) is 12.2. The molecule has 2 amide bonds. The molecule has 0 aliphatic rings. The SMILES string of the molecule is CNCCCN(C)C(=O)Nc1cc(Cl)cc(C(=O)O)c1. The molecule has 0 aliphatic carbocycles. The number of benzene rings is 1. The van der Waals surface area contributed by atoms with Gasteiger partial charge in [0.05, 0.1) is 5.56 Å². The Morgan fingerprint density at radius 1 is 1.35 bits per heavy atom. The Hall–Kier alpha value is -1.79. The molecule has 0 aromatic heterocycles. The van der Waals surface area contributed by atoms with Crippen molar-refractivity contribution in [1.29, 1.82) is 0 Å². The number of amides is 2. The number of carboxylic acids is 1. The first-order valence-corrected chi connectivity index (χ1v) is 6.52. The van der Waals surface area contributed by atoms with Gasteiger partial charge in [-0.3, -0.25) is 0 Å². The van der Waals surface area contributed by atoms with Crippen molar-refractivity contribution in [3.05, 3.63) is 28.8 Å². The van der Waals surface area contributed by atoms with E-state index >= 15 is 0 Å². The van der Waals surface area contributed by atoms with Crippen molar-refractivity contribution in [3.63, 3.8) is 0 Å². The maximum Gasteiger partial charge on any atom is 0.335 e. The lowest BCUT2D eigenvalue weighted by Gasteiger charge is -2.18. The first-order valence-electron chi connectivity index (χ1n) is 6.14. The van der Waals surface area contributed by atoms with Gasteiger partial charge in [0.15, 0.2) is 0 Å². The number of halogens is 1. The summed E-state index contributed by atoms with van der Waals surface area (Å²) in [7, 11) is 3.52. The molecule has 1 rings (SSSR count). The van der Waals surface area contributed by atoms with E-state index in [9.17, 15) is 9.59 Å². The van der Waals surface area contributed by atoms with E-state index < -0.39 is 5.97 Å². The summed E-state index contributed by atoms with van der Waals surface area (Å²) in [6, 6.07) is 3.90. The molecule has 7 heteroatoms. The van der Waals surface area contributed by atoms with Crippen molar-refractivity contribution < 1.29 is 14.7 Å². The van der Waals surface area contributed by atoms with Crippen LogP contribution < -0.4 is 10.6 Å². The lowest BCUT2D eigenvalue weighted by atomic mass is 10.2. The minimum absolute atomic E-state index is 0.0330. The maximum atomic E-state index is 11.9. The first-order chi connectivity index (χ1) is 9.43. The second-order valence-electron chi connectivity index (χ2n) is 4.34. The van der Waals surface area contributed by atoms with Crippen LogP contribution in [-0.4, -0.2) is 49.2 Å². The maximum absolute atomic E-state index is 11.9. The Morgan fingerprint density at radius 3 is 2.65 bits per heavy atom. The molecule has 0 bridgehead atoms. The fourth-order valence-electron chi connectivity index (χ4n) is 1.60. The Kier molecular flexibility index (Phi) is 6.27. The van der Waals surface area contributed by atoms with Gasteiger partial charge in [0.2, 0.25) is 0 Å². The number of nitrogens with zero attached hydrogens (tertiary/aromatic N) is 1. The molecule has 1 aromatic rings. The third kappa shape index (κ3) is 5.07. The highest BCUT2D eigenvalue weighted by atomic mass is 35.5. The van der Waals surface area contributed by atoms with Gasteiger partial charge in [-0.05, 0) is 38.2 Å². The number of nitrogens with one attached hydrogen (secondary N) is 2. The van der Waals surface area contributed by atoms with Crippen LogP contribution in [0.15, 0.2) is 18.2 Å². The van der Waals surface area contributed by atoms with Crippen molar-refractivity contribution in [2.24, 2.45) is 0 Å². The molecule has 0 radical (unpaired) electrons. The summed E-state index contributed by atoms with van der Waals surface area (Å²) in [5.41, 5.74) is 0.394. The molecule has 0 saturated carbocycles.